The predicted molar refractivity (Wildman–Crippen MR) is 138 cm³/mol. The van der Waals surface area contributed by atoms with Gasteiger partial charge in [0.1, 0.15) is 17.7 Å². The number of carbonyl (C=O) groups is 3. The quantitative estimate of drug-likeness (QED) is 0.360. The topological polar surface area (TPSA) is 108 Å². The third-order valence-electron chi connectivity index (χ3n) is 5.44. The molecule has 2 unspecified atom stereocenters. The van der Waals surface area contributed by atoms with Crippen LogP contribution >= 0.6 is 0 Å². The number of aryl methyl sites for hydroxylation is 1. The summed E-state index contributed by atoms with van der Waals surface area (Å²) in [7, 11) is 0. The first-order valence-corrected chi connectivity index (χ1v) is 12.6. The second-order valence-corrected chi connectivity index (χ2v) is 10.3. The number of aliphatic hydroxyl groups excluding tert-OH is 1. The van der Waals surface area contributed by atoms with Crippen LogP contribution in [0.25, 0.3) is 0 Å². The first-order valence-electron chi connectivity index (χ1n) is 12.6. The van der Waals surface area contributed by atoms with E-state index in [9.17, 15) is 19.5 Å². The standard InChI is InChI=1S/C27H45N3O5/c1-8-9-12-15-28-24(32)23(21-14-11-10-13-20(21)4)30(16-17-31)25(33)22(18-19(2)3)29-26(34)35-27(5,6)7/h10-11,13-14,19,22-23,31H,8-9,12,15-18H2,1-7H3,(H,28,32)(H,29,34). The molecule has 0 aliphatic heterocycles. The van der Waals surface area contributed by atoms with Crippen LogP contribution in [-0.4, -0.2) is 59.3 Å². The van der Waals surface area contributed by atoms with Gasteiger partial charge in [0, 0.05) is 13.1 Å². The van der Waals surface area contributed by atoms with E-state index in [0.717, 1.165) is 24.8 Å². The third kappa shape index (κ3) is 10.7. The molecule has 0 spiro atoms. The van der Waals surface area contributed by atoms with E-state index in [0.29, 0.717) is 18.5 Å². The highest BCUT2D eigenvalue weighted by molar-refractivity contribution is 5.92. The molecule has 3 amide bonds. The zero-order chi connectivity index (χ0) is 26.6. The summed E-state index contributed by atoms with van der Waals surface area (Å²) in [6.45, 7) is 13.3. The van der Waals surface area contributed by atoms with Crippen LogP contribution in [0.15, 0.2) is 24.3 Å². The minimum absolute atomic E-state index is 0.0508. The molecule has 0 aromatic heterocycles. The number of hydrogen-bond donors (Lipinski definition) is 3. The number of nitrogens with one attached hydrogen (secondary N) is 2. The number of aliphatic hydroxyl groups is 1. The normalized spacial score (nSPS) is 13.2. The number of carbonyl (C=O) groups excluding carboxylic acids is 3. The molecule has 0 saturated carbocycles. The Balaban J connectivity index is 3.36. The molecular formula is C27H45N3O5. The number of rotatable bonds is 13. The number of alkyl carbamates (subject to hydrolysis) is 1. The maximum absolute atomic E-state index is 13.8. The lowest BCUT2D eigenvalue weighted by Crippen LogP contribution is -2.54. The predicted octanol–water partition coefficient (Wildman–Crippen LogP) is 4.10. The van der Waals surface area contributed by atoms with E-state index >= 15 is 0 Å². The molecule has 35 heavy (non-hydrogen) atoms. The van der Waals surface area contributed by atoms with E-state index in [1.807, 2.05) is 45.0 Å². The van der Waals surface area contributed by atoms with Crippen molar-refractivity contribution in [3.8, 4) is 0 Å². The summed E-state index contributed by atoms with van der Waals surface area (Å²) < 4.78 is 5.38. The largest absolute Gasteiger partial charge is 0.444 e. The Hall–Kier alpha value is -2.61. The first kappa shape index (κ1) is 30.4. The molecule has 1 rings (SSSR count). The first-order chi connectivity index (χ1) is 16.4. The van der Waals surface area contributed by atoms with Crippen LogP contribution in [0.1, 0.15) is 84.4 Å². The SMILES string of the molecule is CCCCCNC(=O)C(c1ccccc1C)N(CCO)C(=O)C(CC(C)C)NC(=O)OC(C)(C)C. The van der Waals surface area contributed by atoms with Crippen molar-refractivity contribution in [2.24, 2.45) is 5.92 Å². The van der Waals surface area contributed by atoms with Crippen LogP contribution < -0.4 is 10.6 Å². The zero-order valence-electron chi connectivity index (χ0n) is 22.5. The summed E-state index contributed by atoms with van der Waals surface area (Å²) in [6, 6.07) is 5.56. The van der Waals surface area contributed by atoms with E-state index in [1.54, 1.807) is 20.8 Å². The van der Waals surface area contributed by atoms with Crippen molar-refractivity contribution in [2.75, 3.05) is 19.7 Å². The molecule has 0 aliphatic rings. The van der Waals surface area contributed by atoms with Gasteiger partial charge < -0.3 is 25.4 Å². The summed E-state index contributed by atoms with van der Waals surface area (Å²) in [5, 5.41) is 15.5. The molecule has 0 radical (unpaired) electrons. The van der Waals surface area contributed by atoms with Crippen LogP contribution in [0.3, 0.4) is 0 Å². The molecule has 8 heteroatoms. The Bertz CT molecular complexity index is 819. The smallest absolute Gasteiger partial charge is 0.408 e. The lowest BCUT2D eigenvalue weighted by atomic mass is 9.96. The fraction of sp³-hybridized carbons (Fsp3) is 0.667. The molecule has 0 heterocycles. The molecule has 198 valence electrons. The average Bonchev–Trinajstić information content (AvgIpc) is 2.75. The second-order valence-electron chi connectivity index (χ2n) is 10.3. The minimum Gasteiger partial charge on any atom is -0.444 e. The maximum Gasteiger partial charge on any atom is 0.408 e. The number of hydrogen-bond acceptors (Lipinski definition) is 5. The molecule has 1 aromatic carbocycles. The highest BCUT2D eigenvalue weighted by Crippen LogP contribution is 2.26. The molecular weight excluding hydrogens is 446 g/mol. The van der Waals surface area contributed by atoms with Gasteiger partial charge in [0.15, 0.2) is 0 Å². The zero-order valence-corrected chi connectivity index (χ0v) is 22.5. The second kappa shape index (κ2) is 14.7. The molecule has 0 aliphatic carbocycles. The van der Waals surface area contributed by atoms with Gasteiger partial charge in [0.2, 0.25) is 11.8 Å². The summed E-state index contributed by atoms with van der Waals surface area (Å²) in [5.41, 5.74) is 0.822. The Kier molecular flexibility index (Phi) is 12.8. The summed E-state index contributed by atoms with van der Waals surface area (Å²) in [5.74, 6) is -0.650. The van der Waals surface area contributed by atoms with Crippen molar-refractivity contribution in [1.29, 1.82) is 0 Å². The van der Waals surface area contributed by atoms with Crippen molar-refractivity contribution in [1.82, 2.24) is 15.5 Å². The fourth-order valence-corrected chi connectivity index (χ4v) is 3.84. The number of benzene rings is 1. The summed E-state index contributed by atoms with van der Waals surface area (Å²) in [6.07, 6.45) is 2.52. The van der Waals surface area contributed by atoms with Gasteiger partial charge in [0.05, 0.1) is 6.61 Å². The Labute approximate surface area is 210 Å². The number of unbranched alkanes of at least 4 members (excludes halogenated alkanes) is 2. The van der Waals surface area contributed by atoms with Gasteiger partial charge in [-0.2, -0.15) is 0 Å². The monoisotopic (exact) mass is 491 g/mol. The number of ether oxygens (including phenoxy) is 1. The Morgan fingerprint density at radius 1 is 1.11 bits per heavy atom. The average molecular weight is 492 g/mol. The lowest BCUT2D eigenvalue weighted by Gasteiger charge is -2.35. The van der Waals surface area contributed by atoms with Gasteiger partial charge in [-0.05, 0) is 57.6 Å². The van der Waals surface area contributed by atoms with Gasteiger partial charge in [-0.1, -0.05) is 57.9 Å². The van der Waals surface area contributed by atoms with Gasteiger partial charge >= 0.3 is 6.09 Å². The Morgan fingerprint density at radius 2 is 1.77 bits per heavy atom. The number of nitrogens with zero attached hydrogens (tertiary/aromatic N) is 1. The highest BCUT2D eigenvalue weighted by atomic mass is 16.6. The maximum atomic E-state index is 13.8. The van der Waals surface area contributed by atoms with Crippen LogP contribution in [0.2, 0.25) is 0 Å². The van der Waals surface area contributed by atoms with Gasteiger partial charge in [-0.25, -0.2) is 4.79 Å². The number of amides is 3. The van der Waals surface area contributed by atoms with E-state index in [1.165, 1.54) is 4.90 Å². The molecule has 0 bridgehead atoms. The molecule has 8 nitrogen and oxygen atoms in total. The minimum atomic E-state index is -0.937. The van der Waals surface area contributed by atoms with Crippen molar-refractivity contribution < 1.29 is 24.2 Å². The van der Waals surface area contributed by atoms with Crippen molar-refractivity contribution in [3.63, 3.8) is 0 Å². The third-order valence-corrected chi connectivity index (χ3v) is 5.44. The highest BCUT2D eigenvalue weighted by Gasteiger charge is 2.36. The van der Waals surface area contributed by atoms with Crippen LogP contribution in [0.4, 0.5) is 4.79 Å². The summed E-state index contributed by atoms with van der Waals surface area (Å²) >= 11 is 0. The molecule has 1 aromatic rings. The Morgan fingerprint density at radius 3 is 2.31 bits per heavy atom. The van der Waals surface area contributed by atoms with E-state index in [4.69, 9.17) is 4.74 Å². The van der Waals surface area contributed by atoms with Crippen molar-refractivity contribution in [3.05, 3.63) is 35.4 Å². The van der Waals surface area contributed by atoms with Crippen molar-refractivity contribution in [2.45, 2.75) is 91.8 Å². The van der Waals surface area contributed by atoms with Gasteiger partial charge in [-0.3, -0.25) is 9.59 Å². The summed E-state index contributed by atoms with van der Waals surface area (Å²) in [4.78, 5) is 41.2. The van der Waals surface area contributed by atoms with Crippen LogP contribution in [0.5, 0.6) is 0 Å². The van der Waals surface area contributed by atoms with Gasteiger partial charge in [-0.15, -0.1) is 0 Å². The van der Waals surface area contributed by atoms with E-state index in [2.05, 4.69) is 17.6 Å². The van der Waals surface area contributed by atoms with Crippen molar-refractivity contribution >= 4 is 17.9 Å². The molecule has 0 saturated heterocycles. The van der Waals surface area contributed by atoms with E-state index in [-0.39, 0.29) is 25.0 Å². The lowest BCUT2D eigenvalue weighted by molar-refractivity contribution is -0.143. The molecule has 2 atom stereocenters. The fourth-order valence-electron chi connectivity index (χ4n) is 3.84. The van der Waals surface area contributed by atoms with Crippen LogP contribution in [0, 0.1) is 12.8 Å². The van der Waals surface area contributed by atoms with Gasteiger partial charge in [0.25, 0.3) is 0 Å². The molecule has 0 fully saturated rings. The van der Waals surface area contributed by atoms with Crippen LogP contribution in [-0.2, 0) is 14.3 Å². The molecule has 3 N–H and O–H groups in total. The van der Waals surface area contributed by atoms with E-state index < -0.39 is 29.7 Å².